The molecule has 112 heavy (non-hydrogen) atoms. The first-order valence-corrected chi connectivity index (χ1v) is 40.2. The second-order valence-corrected chi connectivity index (χ2v) is 30.8. The van der Waals surface area contributed by atoms with Crippen LogP contribution in [0.3, 0.4) is 0 Å². The fraction of sp³-hybridized carbons (Fsp3) is 0.226. The number of aryl methyl sites for hydroxylation is 4. The Hall–Kier alpha value is -9.59. The van der Waals surface area contributed by atoms with Gasteiger partial charge in [-0.25, -0.2) is 8.78 Å². The molecule has 2 aliphatic rings. The highest BCUT2D eigenvalue weighted by Crippen LogP contribution is 2.47. The predicted octanol–water partition coefficient (Wildman–Crippen LogP) is 22.9. The number of rotatable bonds is 15. The minimum absolute atomic E-state index is 0.0972. The van der Waals surface area contributed by atoms with Gasteiger partial charge in [0.15, 0.2) is 0 Å². The lowest BCUT2D eigenvalue weighted by Crippen LogP contribution is -2.37. The number of hydrogen-bond acceptors (Lipinski definition) is 9. The minimum Gasteiger partial charge on any atom is -0.469 e. The van der Waals surface area contributed by atoms with Crippen LogP contribution in [-0.2, 0) is 86.0 Å². The van der Waals surface area contributed by atoms with Gasteiger partial charge in [-0.15, -0.1) is 0 Å². The van der Waals surface area contributed by atoms with E-state index in [1.807, 2.05) is 207 Å². The molecule has 0 saturated carbocycles. The van der Waals surface area contributed by atoms with Crippen LogP contribution in [0.5, 0.6) is 0 Å². The van der Waals surface area contributed by atoms with E-state index in [0.717, 1.165) is 104 Å². The number of ether oxygens (including phenoxy) is 2. The molecule has 0 bridgehead atoms. The van der Waals surface area contributed by atoms with Gasteiger partial charge in [0.2, 0.25) is 17.7 Å². The molecule has 0 fully saturated rings. The number of likely N-dealkylation sites (N-methyl/N-ethyl adjacent to an activating group) is 3. The lowest BCUT2D eigenvalue weighted by Gasteiger charge is -2.24. The fourth-order valence-corrected chi connectivity index (χ4v) is 13.6. The maximum absolute atomic E-state index is 13.7. The van der Waals surface area contributed by atoms with E-state index in [1.165, 1.54) is 40.8 Å². The van der Waals surface area contributed by atoms with Gasteiger partial charge in [-0.3, -0.25) is 24.0 Å². The topological polar surface area (TPSA) is 148 Å². The Morgan fingerprint density at radius 1 is 0.455 bits per heavy atom. The number of methoxy groups -OCH3 is 1. The van der Waals surface area contributed by atoms with Gasteiger partial charge in [0.25, 0.3) is 0 Å². The molecule has 11 aromatic carbocycles. The zero-order valence-corrected chi connectivity index (χ0v) is 72.5. The largest absolute Gasteiger partial charge is 0.469 e. The average molecular weight is 1830 g/mol. The van der Waals surface area contributed by atoms with Gasteiger partial charge in [-0.05, 0) is 212 Å². The second-order valence-electron chi connectivity index (χ2n) is 26.2. The van der Waals surface area contributed by atoms with E-state index in [2.05, 4.69) is 170 Å². The van der Waals surface area contributed by atoms with Gasteiger partial charge in [-0.2, -0.15) is 9.59 Å². The molecule has 0 radical (unpaired) electrons. The Bertz CT molecular complexity index is 4860. The van der Waals surface area contributed by atoms with E-state index in [9.17, 15) is 32.8 Å². The van der Waals surface area contributed by atoms with Crippen LogP contribution in [-0.4, -0.2) is 70.7 Å². The molecule has 4 unspecified atom stereocenters. The van der Waals surface area contributed by atoms with Crippen LogP contribution in [0, 0.1) is 11.6 Å². The Morgan fingerprint density at radius 3 is 1.22 bits per heavy atom. The zero-order valence-electron chi connectivity index (χ0n) is 64.5. The number of carbonyl (C=O) groups excluding carboxylic acids is 7. The number of nitrogens with zero attached hydrogens (tertiary/aromatic N) is 3. The molecule has 3 amide bonds. The zero-order chi connectivity index (χ0) is 82.1. The van der Waals surface area contributed by atoms with Crippen LogP contribution in [0.25, 0.3) is 0 Å². The third-order valence-corrected chi connectivity index (χ3v) is 21.7. The summed E-state index contributed by atoms with van der Waals surface area (Å²) in [6.07, 6.45) is 4.51. The van der Waals surface area contributed by atoms with Crippen molar-refractivity contribution in [2.45, 2.75) is 103 Å². The summed E-state index contributed by atoms with van der Waals surface area (Å²) < 4.78 is 40.9. The van der Waals surface area contributed by atoms with Gasteiger partial charge in [0, 0.05) is 54.9 Å². The molecule has 2 aliphatic heterocycles. The van der Waals surface area contributed by atoms with Crippen molar-refractivity contribution in [1.82, 2.24) is 0 Å². The highest BCUT2D eigenvalue weighted by atomic mass is 79.9. The monoisotopic (exact) mass is 1830 g/mol. The summed E-state index contributed by atoms with van der Waals surface area (Å²) in [5.74, 6) is -1.28. The number of para-hydroxylation sites is 3. The van der Waals surface area contributed by atoms with Crippen molar-refractivity contribution in [2.24, 2.45) is 0 Å². The molecular formula is C93H92Br5F2N3O9. The maximum atomic E-state index is 13.7. The second kappa shape index (κ2) is 45.8. The maximum Gasteiger partial charge on any atom is 0.373 e. The normalized spacial score (nSPS) is 14.3. The van der Waals surface area contributed by atoms with Crippen LogP contribution < -0.4 is 14.7 Å². The van der Waals surface area contributed by atoms with Crippen molar-refractivity contribution in [3.8, 4) is 0 Å². The van der Waals surface area contributed by atoms with Crippen molar-refractivity contribution >= 4 is 133 Å². The molecule has 19 heteroatoms. The van der Waals surface area contributed by atoms with E-state index >= 15 is 0 Å². The quantitative estimate of drug-likeness (QED) is 0.0915. The summed E-state index contributed by atoms with van der Waals surface area (Å²) in [7, 11) is 6.68. The van der Waals surface area contributed by atoms with Crippen LogP contribution >= 0.6 is 79.6 Å². The summed E-state index contributed by atoms with van der Waals surface area (Å²) in [6.45, 7) is 14.1. The SMILES string of the molecule is CC(C(=O)N(C)c1ccccc1F)c1ccc(Br)cc1.CCOC(=O)C(C)c1ccc(Br)cc1.CCc1ccc(Br)cc1.CCc1ccccc1F.CN1C(=O)C(C)(c2ccc(Br)cc2)c2ccccc21.CN1C(=O)C(C)(c2ccc(CCc3ccccc3)cc2)c2ccccc21.COC(=O)Cc1ccc(Br)cc1.O=C=O. The summed E-state index contributed by atoms with van der Waals surface area (Å²) in [5.41, 5.74) is 13.0. The van der Waals surface area contributed by atoms with Crippen LogP contribution in [0.2, 0.25) is 0 Å². The van der Waals surface area contributed by atoms with E-state index in [4.69, 9.17) is 14.3 Å². The fourth-order valence-electron chi connectivity index (χ4n) is 12.3. The number of benzene rings is 11. The first kappa shape index (κ1) is 91.3. The van der Waals surface area contributed by atoms with Gasteiger partial charge < -0.3 is 24.2 Å². The van der Waals surface area contributed by atoms with Crippen LogP contribution in [0.15, 0.2) is 295 Å². The lowest BCUT2D eigenvalue weighted by molar-refractivity contribution is -0.191. The van der Waals surface area contributed by atoms with E-state index in [0.29, 0.717) is 18.7 Å². The summed E-state index contributed by atoms with van der Waals surface area (Å²) >= 11 is 16.8. The number of esters is 2. The number of carbonyl (C=O) groups is 5. The molecule has 0 aliphatic carbocycles. The molecule has 13 rings (SSSR count). The van der Waals surface area contributed by atoms with E-state index in [1.54, 1.807) is 47.2 Å². The molecule has 0 saturated heterocycles. The molecule has 0 spiro atoms. The van der Waals surface area contributed by atoms with Crippen molar-refractivity contribution < 1.29 is 51.8 Å². The van der Waals surface area contributed by atoms with Gasteiger partial charge in [0.05, 0.1) is 48.5 Å². The molecule has 2 heterocycles. The number of anilines is 3. The standard InChI is InChI=1S/C24H23NO.C16H15BrFNO.C16H14BrNO.C11H13BrO2.C9H9BrO2.C8H9Br.C8H9F.CO2/c1-24(21-10-6-7-11-22(21)25(2)23(24)26)20-16-14-19(15-17-20)13-12-18-8-4-3-5-9-18;1-11(12-7-9-13(17)10-8-12)16(20)19(2)15-6-4-3-5-14(15)18;1-16(11-7-9-12(17)10-8-11)13-5-3-4-6-14(13)18(2)15(16)19;1-3-14-11(13)8(2)9-4-6-10(12)7-5-9;1-12-9(11)6-7-2-4-8(10)5-3-7;1-2-7-3-5-8(9)6-4-7;1-2-7-5-3-4-6-8(7)9;2-1-3/h3-11,14-17H,12-13H2,1-2H3;3-11H,1-2H3;3-10H,1-2H3;4-8H,3H2,1-2H3;2-5H,6H2,1H3;2*3-6H,2H2,1H3;. The third-order valence-electron chi connectivity index (χ3n) is 19.0. The van der Waals surface area contributed by atoms with E-state index in [-0.39, 0.29) is 53.5 Å². The van der Waals surface area contributed by atoms with Crippen LogP contribution in [0.1, 0.15) is 121 Å². The first-order valence-electron chi connectivity index (χ1n) is 36.2. The summed E-state index contributed by atoms with van der Waals surface area (Å²) in [4.78, 5) is 81.5. The summed E-state index contributed by atoms with van der Waals surface area (Å²) in [6, 6.07) is 87.5. The molecule has 0 N–H and O–H groups in total. The Balaban J connectivity index is 0.000000208. The summed E-state index contributed by atoms with van der Waals surface area (Å²) in [5, 5.41) is 0. The van der Waals surface area contributed by atoms with Crippen molar-refractivity contribution in [3.05, 3.63) is 368 Å². The van der Waals surface area contributed by atoms with E-state index < -0.39 is 16.6 Å². The molecule has 11 aromatic rings. The minimum atomic E-state index is -0.608. The molecule has 12 nitrogen and oxygen atoms in total. The van der Waals surface area contributed by atoms with Gasteiger partial charge in [0.1, 0.15) is 11.6 Å². The number of amides is 3. The van der Waals surface area contributed by atoms with Crippen LogP contribution in [0.4, 0.5) is 25.8 Å². The van der Waals surface area contributed by atoms with Crippen molar-refractivity contribution in [3.63, 3.8) is 0 Å². The lowest BCUT2D eigenvalue weighted by atomic mass is 9.77. The molecule has 0 aromatic heterocycles. The third kappa shape index (κ3) is 25.7. The smallest absolute Gasteiger partial charge is 0.373 e. The molecule has 582 valence electrons. The highest BCUT2D eigenvalue weighted by Gasteiger charge is 2.48. The molecule has 4 atom stereocenters. The first-order chi connectivity index (χ1) is 53.6. The molecular weight excluding hydrogens is 1740 g/mol. The number of fused-ring (bicyclic) bond motifs is 2. The Labute approximate surface area is 699 Å². The average Bonchev–Trinajstić information content (AvgIpc) is 1.59. The number of hydrogen-bond donors (Lipinski definition) is 0. The Kier molecular flexibility index (Phi) is 37.3. The van der Waals surface area contributed by atoms with Gasteiger partial charge >= 0.3 is 18.1 Å². The number of halogens is 7. The Morgan fingerprint density at radius 2 is 0.812 bits per heavy atom. The highest BCUT2D eigenvalue weighted by molar-refractivity contribution is 9.11. The predicted molar refractivity (Wildman–Crippen MR) is 463 cm³/mol. The van der Waals surface area contributed by atoms with Gasteiger partial charge in [-0.1, -0.05) is 275 Å². The van der Waals surface area contributed by atoms with Crippen molar-refractivity contribution in [1.29, 1.82) is 0 Å². The van der Waals surface area contributed by atoms with Crippen molar-refractivity contribution in [2.75, 3.05) is 49.6 Å².